The monoisotopic (exact) mass is 1300 g/mol. The van der Waals surface area contributed by atoms with Gasteiger partial charge in [-0.15, -0.1) is 0 Å². The van der Waals surface area contributed by atoms with Crippen molar-refractivity contribution >= 4 is 89.4 Å². The quantitative estimate of drug-likeness (QED) is 0.0949. The van der Waals surface area contributed by atoms with Crippen LogP contribution in [0.1, 0.15) is 180 Å². The lowest BCUT2D eigenvalue weighted by molar-refractivity contribution is -0.0607. The van der Waals surface area contributed by atoms with Crippen molar-refractivity contribution in [2.45, 2.75) is 225 Å². The first-order valence-electron chi connectivity index (χ1n) is 30.6. The first kappa shape index (κ1) is 58.2. The van der Waals surface area contributed by atoms with E-state index in [2.05, 4.69) is 0 Å². The van der Waals surface area contributed by atoms with E-state index < -0.39 is 103 Å². The SMILES string of the molecule is C[Si](O[Si]12O[Si]3(C4CCCC4)O[Si]4(C5CCCC5)O[Si](C5CCCC5)(O1)O[Si]1(C5CCCC5)O[Si](C5CCCC5)(O2)O[Si](C2CCCC2)(O3)O[Si](C2CCCC2)(O4)O1)(c1ccc(OC(F)=C(F)F)cc1)c1ccc(OC(F)=C(F)F)cc1. The highest BCUT2D eigenvalue weighted by Crippen LogP contribution is 2.66. The van der Waals surface area contributed by atoms with Crippen molar-refractivity contribution < 1.29 is 89.3 Å². The summed E-state index contributed by atoms with van der Waals surface area (Å²) in [5.41, 5.74) is -1.66. The molecule has 6 saturated heterocycles. The predicted octanol–water partition coefficient (Wildman–Crippen LogP) is 14.1. The van der Waals surface area contributed by atoms with Crippen LogP contribution in [0.2, 0.25) is 45.3 Å². The Hall–Kier alpha value is -1.47. The van der Waals surface area contributed by atoms with E-state index in [0.29, 0.717) is 48.9 Å². The lowest BCUT2D eigenvalue weighted by atomic mass is 10.3. The van der Waals surface area contributed by atoms with Gasteiger partial charge in [0.2, 0.25) is 8.32 Å². The minimum atomic E-state index is -5.23. The van der Waals surface area contributed by atoms with Crippen LogP contribution in [0.4, 0.5) is 26.3 Å². The number of hydrogen-bond acceptors (Lipinski definition) is 15. The average molecular weight is 1310 g/mol. The molecule has 0 unspecified atom stereocenters. The Labute approximate surface area is 485 Å². The molecule has 6 heterocycles. The summed E-state index contributed by atoms with van der Waals surface area (Å²) in [6, 6.07) is 7.76. The van der Waals surface area contributed by atoms with Gasteiger partial charge in [-0.2, -0.15) is 26.3 Å². The number of ether oxygens (including phenoxy) is 2. The normalized spacial score (nSPS) is 38.8. The zero-order valence-electron chi connectivity index (χ0n) is 46.4. The fraction of sp³-hybridized carbons (Fsp3) is 0.692. The second-order valence-corrected chi connectivity index (χ2v) is 54.3. The maximum absolute atomic E-state index is 14.5. The summed E-state index contributed by atoms with van der Waals surface area (Å²) < 4.78 is 203. The number of benzene rings is 2. The molecule has 0 N–H and O–H groups in total. The molecule has 2 aromatic carbocycles. The first-order valence-corrected chi connectivity index (χ1v) is 47.3. The van der Waals surface area contributed by atoms with E-state index in [-0.39, 0.29) is 50.3 Å². The van der Waals surface area contributed by atoms with E-state index in [4.69, 9.17) is 63.0 Å². The van der Waals surface area contributed by atoms with Crippen LogP contribution in [0.3, 0.4) is 0 Å². The van der Waals surface area contributed by atoms with Gasteiger partial charge in [-0.3, -0.25) is 0 Å². The van der Waals surface area contributed by atoms with E-state index >= 15 is 0 Å². The number of rotatable bonds is 15. The van der Waals surface area contributed by atoms with Gasteiger partial charge in [0.25, 0.3) is 0 Å². The average Bonchev–Trinajstić information content (AvgIpc) is 1.48. The molecular formula is C52H74F6O15Si9. The van der Waals surface area contributed by atoms with E-state index in [9.17, 15) is 26.3 Å². The van der Waals surface area contributed by atoms with Gasteiger partial charge in [0.15, 0.2) is 0 Å². The second kappa shape index (κ2) is 22.2. The summed E-state index contributed by atoms with van der Waals surface area (Å²) in [7, 11) is -40.1. The molecule has 2 aromatic rings. The Morgan fingerprint density at radius 3 is 0.720 bits per heavy atom. The highest BCUT2D eigenvalue weighted by Gasteiger charge is 2.89. The molecule has 82 heavy (non-hydrogen) atoms. The van der Waals surface area contributed by atoms with Crippen molar-refractivity contribution in [2.24, 2.45) is 0 Å². The molecule has 0 amide bonds. The Balaban J connectivity index is 1.06. The van der Waals surface area contributed by atoms with E-state index in [1.165, 1.54) is 24.3 Å². The topological polar surface area (TPSA) is 138 Å². The molecule has 7 aliphatic carbocycles. The first-order chi connectivity index (χ1) is 39.5. The van der Waals surface area contributed by atoms with Gasteiger partial charge in [-0.1, -0.05) is 114 Å². The molecule has 7 saturated carbocycles. The maximum Gasteiger partial charge on any atom is 0.647 e. The number of halogens is 6. The molecule has 0 aromatic heterocycles. The molecule has 8 bridgehead atoms. The molecular weight excluding hydrogens is 1230 g/mol. The van der Waals surface area contributed by atoms with E-state index in [0.717, 1.165) is 141 Å². The smallest absolute Gasteiger partial charge is 0.428 e. The lowest BCUT2D eigenvalue weighted by Gasteiger charge is -2.66. The van der Waals surface area contributed by atoms with Crippen LogP contribution in [0.15, 0.2) is 72.7 Å². The van der Waals surface area contributed by atoms with Crippen LogP contribution in [0, 0.1) is 0 Å². The summed E-state index contributed by atoms with van der Waals surface area (Å²) in [6.45, 7) is 1.89. The summed E-state index contributed by atoms with van der Waals surface area (Å²) in [5.74, 6) is -0.437. The van der Waals surface area contributed by atoms with Gasteiger partial charge in [-0.05, 0) is 131 Å². The Morgan fingerprint density at radius 1 is 0.329 bits per heavy atom. The van der Waals surface area contributed by atoms with Gasteiger partial charge in [0.05, 0.1) is 0 Å². The van der Waals surface area contributed by atoms with Crippen LogP contribution >= 0.6 is 0 Å². The van der Waals surface area contributed by atoms with E-state index in [1.807, 2.05) is 6.55 Å². The van der Waals surface area contributed by atoms with Crippen molar-refractivity contribution in [1.82, 2.24) is 0 Å². The molecule has 450 valence electrons. The molecule has 0 atom stereocenters. The third-order valence-electron chi connectivity index (χ3n) is 20.2. The fourth-order valence-electron chi connectivity index (χ4n) is 16.1. The van der Waals surface area contributed by atoms with Crippen molar-refractivity contribution in [2.75, 3.05) is 0 Å². The molecule has 13 aliphatic rings. The van der Waals surface area contributed by atoms with Crippen molar-refractivity contribution in [3.8, 4) is 11.5 Å². The molecule has 15 rings (SSSR count). The third kappa shape index (κ3) is 10.2. The van der Waals surface area contributed by atoms with Gasteiger partial charge >= 0.3 is 94.9 Å². The molecule has 13 fully saturated rings. The van der Waals surface area contributed by atoms with Gasteiger partial charge in [0, 0.05) is 38.8 Å². The highest BCUT2D eigenvalue weighted by molar-refractivity contribution is 7.07. The van der Waals surface area contributed by atoms with Gasteiger partial charge in [-0.25, -0.2) is 0 Å². The zero-order chi connectivity index (χ0) is 56.2. The van der Waals surface area contributed by atoms with Crippen molar-refractivity contribution in [3.05, 3.63) is 72.7 Å². The third-order valence-corrected chi connectivity index (χ3v) is 63.6. The Bertz CT molecular complexity index is 2490. The van der Waals surface area contributed by atoms with Crippen LogP contribution in [-0.4, -0.2) is 79.0 Å². The standard InChI is InChI=1S/C52H74F6O15Si9/c1-74(40-34-30-38(31-35-40)59-51(57)49(53)54,41-36-32-39(33-37-41)60-52(58)50(55)56)61-82-71-79(46-24-10-11-25-46)65-76(43-18-4-5-19-43)62-75(42-16-2-3-17-42)63-77(67-79,44-20-6-7-21-44)69-81(73-82,48-28-14-15-29-48)70-78(64-75,45-22-8-9-23-45)68-80(66-76,72-82)47-26-12-13-27-47/h30-37,42-48H,2-29H2,1H3. The van der Waals surface area contributed by atoms with Gasteiger partial charge in [0.1, 0.15) is 11.5 Å². The largest absolute Gasteiger partial charge is 0.647 e. The Kier molecular flexibility index (Phi) is 15.8. The van der Waals surface area contributed by atoms with Gasteiger partial charge < -0.3 is 63.0 Å². The molecule has 15 nitrogen and oxygen atoms in total. The molecule has 0 spiro atoms. The minimum Gasteiger partial charge on any atom is -0.428 e. The molecule has 0 radical (unpaired) electrons. The second-order valence-electron chi connectivity index (χ2n) is 25.3. The number of hydrogen-bond donors (Lipinski definition) is 0. The Morgan fingerprint density at radius 2 is 0.524 bits per heavy atom. The highest BCUT2D eigenvalue weighted by atomic mass is 28.6. The summed E-state index contributed by atoms with van der Waals surface area (Å²) >= 11 is 0. The van der Waals surface area contributed by atoms with E-state index in [1.54, 1.807) is 24.3 Å². The molecule has 30 heteroatoms. The fourth-order valence-corrected chi connectivity index (χ4v) is 75.8. The van der Waals surface area contributed by atoms with Crippen LogP contribution < -0.4 is 19.8 Å². The maximum atomic E-state index is 14.5. The van der Waals surface area contributed by atoms with Crippen molar-refractivity contribution in [1.29, 1.82) is 0 Å². The van der Waals surface area contributed by atoms with Crippen LogP contribution in [0.25, 0.3) is 0 Å². The van der Waals surface area contributed by atoms with Crippen molar-refractivity contribution in [3.63, 3.8) is 0 Å². The zero-order valence-corrected chi connectivity index (χ0v) is 55.4. The summed E-state index contributed by atoms with van der Waals surface area (Å²) in [6.07, 6.45) is 18.1. The predicted molar refractivity (Wildman–Crippen MR) is 301 cm³/mol. The van der Waals surface area contributed by atoms with Crippen LogP contribution in [-0.2, 0) is 53.5 Å². The lowest BCUT2D eigenvalue weighted by Crippen LogP contribution is -2.91. The molecule has 6 aliphatic heterocycles. The van der Waals surface area contributed by atoms with Crippen LogP contribution in [0.5, 0.6) is 11.5 Å². The summed E-state index contributed by atoms with van der Waals surface area (Å²) in [5, 5.41) is 0.976. The minimum absolute atomic E-state index is 0.117. The summed E-state index contributed by atoms with van der Waals surface area (Å²) in [4.78, 5) is 0.